The van der Waals surface area contributed by atoms with E-state index in [0.29, 0.717) is 23.2 Å². The van der Waals surface area contributed by atoms with Crippen LogP contribution in [0.25, 0.3) is 10.8 Å². The molecule has 1 aliphatic heterocycles. The molecule has 0 bridgehead atoms. The smallest absolute Gasteiger partial charge is 0.270 e. The summed E-state index contributed by atoms with van der Waals surface area (Å²) < 4.78 is 0. The molecule has 3 aromatic heterocycles. The quantitative estimate of drug-likeness (QED) is 0.648. The SMILES string of the molecule is CNC(=O)c1ncc(C(C)C)c2cc(Nc3ccnc(N4CCCC(C)C4)n3)ncc12. The lowest BCUT2D eigenvalue weighted by atomic mass is 9.98. The van der Waals surface area contributed by atoms with Gasteiger partial charge in [0.15, 0.2) is 0 Å². The minimum Gasteiger partial charge on any atom is -0.354 e. The normalized spacial score (nSPS) is 16.5. The average Bonchev–Trinajstić information content (AvgIpc) is 2.77. The molecule has 8 heteroatoms. The number of aromatic nitrogens is 4. The Morgan fingerprint density at radius 1 is 1.16 bits per heavy atom. The van der Waals surface area contributed by atoms with E-state index in [2.05, 4.69) is 51.3 Å². The second-order valence-corrected chi connectivity index (χ2v) is 8.47. The number of pyridine rings is 2. The van der Waals surface area contributed by atoms with Crippen molar-refractivity contribution in [2.45, 2.75) is 39.5 Å². The van der Waals surface area contributed by atoms with Gasteiger partial charge in [0.25, 0.3) is 5.91 Å². The van der Waals surface area contributed by atoms with Crippen molar-refractivity contribution in [3.63, 3.8) is 0 Å². The number of anilines is 3. The summed E-state index contributed by atoms with van der Waals surface area (Å²) in [7, 11) is 1.60. The van der Waals surface area contributed by atoms with Crippen LogP contribution in [0, 0.1) is 5.92 Å². The maximum absolute atomic E-state index is 12.3. The van der Waals surface area contributed by atoms with Gasteiger partial charge in [0.1, 0.15) is 17.3 Å². The van der Waals surface area contributed by atoms with Gasteiger partial charge in [-0.2, -0.15) is 4.98 Å². The predicted octanol–water partition coefficient (Wildman–Crippen LogP) is 3.88. The van der Waals surface area contributed by atoms with E-state index in [1.165, 1.54) is 6.42 Å². The number of carbonyl (C=O) groups is 1. The molecule has 0 spiro atoms. The van der Waals surface area contributed by atoms with Gasteiger partial charge in [0, 0.05) is 44.1 Å². The van der Waals surface area contributed by atoms with Gasteiger partial charge in [-0.1, -0.05) is 20.8 Å². The van der Waals surface area contributed by atoms with Crippen molar-refractivity contribution in [2.75, 3.05) is 30.4 Å². The van der Waals surface area contributed by atoms with E-state index in [-0.39, 0.29) is 11.8 Å². The summed E-state index contributed by atoms with van der Waals surface area (Å²) in [5, 5.41) is 7.65. The van der Waals surface area contributed by atoms with Crippen LogP contribution in [0.3, 0.4) is 0 Å². The van der Waals surface area contributed by atoms with Crippen LogP contribution in [0.1, 0.15) is 55.6 Å². The zero-order chi connectivity index (χ0) is 22.0. The van der Waals surface area contributed by atoms with E-state index in [9.17, 15) is 4.79 Å². The fourth-order valence-electron chi connectivity index (χ4n) is 4.06. The van der Waals surface area contributed by atoms with Crippen molar-refractivity contribution >= 4 is 34.3 Å². The van der Waals surface area contributed by atoms with Gasteiger partial charge < -0.3 is 15.5 Å². The molecule has 1 atom stereocenters. The molecule has 0 saturated carbocycles. The zero-order valence-electron chi connectivity index (χ0n) is 18.5. The van der Waals surface area contributed by atoms with E-state index in [1.807, 2.05) is 12.1 Å². The lowest BCUT2D eigenvalue weighted by Gasteiger charge is -2.30. The maximum atomic E-state index is 12.3. The highest BCUT2D eigenvalue weighted by Crippen LogP contribution is 2.29. The van der Waals surface area contributed by atoms with E-state index >= 15 is 0 Å². The molecule has 4 rings (SSSR count). The number of piperidine rings is 1. The van der Waals surface area contributed by atoms with Crippen LogP contribution >= 0.6 is 0 Å². The molecule has 1 fully saturated rings. The molecule has 1 unspecified atom stereocenters. The Balaban J connectivity index is 1.67. The fraction of sp³-hybridized carbons (Fsp3) is 0.435. The first-order valence-electron chi connectivity index (χ1n) is 10.8. The summed E-state index contributed by atoms with van der Waals surface area (Å²) in [4.78, 5) is 32.6. The fourth-order valence-corrected chi connectivity index (χ4v) is 4.06. The Morgan fingerprint density at radius 2 is 2.00 bits per heavy atom. The van der Waals surface area contributed by atoms with Crippen LogP contribution in [-0.2, 0) is 0 Å². The Morgan fingerprint density at radius 3 is 2.74 bits per heavy atom. The first kappa shape index (κ1) is 21.0. The lowest BCUT2D eigenvalue weighted by Crippen LogP contribution is -2.35. The first-order valence-corrected chi connectivity index (χ1v) is 10.8. The second-order valence-electron chi connectivity index (χ2n) is 8.47. The standard InChI is InChI=1S/C23H29N7O/c1-14(2)17-11-27-21(22(31)24-4)18-12-26-20(10-16(17)18)28-19-7-8-25-23(29-19)30-9-5-6-15(3)13-30/h7-8,10-12,14-15H,5-6,9,13H2,1-4H3,(H,24,31)(H,25,26,28,29). The molecule has 1 aliphatic rings. The number of carbonyl (C=O) groups excluding carboxylic acids is 1. The number of nitrogens with one attached hydrogen (secondary N) is 2. The Bertz CT molecular complexity index is 1100. The summed E-state index contributed by atoms with van der Waals surface area (Å²) in [5.74, 6) is 2.79. The van der Waals surface area contributed by atoms with Gasteiger partial charge in [-0.15, -0.1) is 0 Å². The van der Waals surface area contributed by atoms with Crippen LogP contribution in [0.5, 0.6) is 0 Å². The molecule has 2 N–H and O–H groups in total. The van der Waals surface area contributed by atoms with Gasteiger partial charge in [0.2, 0.25) is 5.95 Å². The van der Waals surface area contributed by atoms with E-state index in [4.69, 9.17) is 4.98 Å². The third-order valence-corrected chi connectivity index (χ3v) is 5.71. The Hall–Kier alpha value is -3.29. The maximum Gasteiger partial charge on any atom is 0.270 e. The van der Waals surface area contributed by atoms with E-state index < -0.39 is 0 Å². The molecule has 0 radical (unpaired) electrons. The number of nitrogens with zero attached hydrogens (tertiary/aromatic N) is 5. The molecule has 0 aliphatic carbocycles. The van der Waals surface area contributed by atoms with Crippen LogP contribution in [0.2, 0.25) is 0 Å². The minimum atomic E-state index is -0.223. The van der Waals surface area contributed by atoms with Crippen molar-refractivity contribution in [1.29, 1.82) is 0 Å². The summed E-state index contributed by atoms with van der Waals surface area (Å²) in [6.45, 7) is 8.45. The third-order valence-electron chi connectivity index (χ3n) is 5.71. The lowest BCUT2D eigenvalue weighted by molar-refractivity contribution is 0.0960. The zero-order valence-corrected chi connectivity index (χ0v) is 18.5. The first-order chi connectivity index (χ1) is 15.0. The van der Waals surface area contributed by atoms with Crippen molar-refractivity contribution < 1.29 is 4.79 Å². The molecular formula is C23H29N7O. The third kappa shape index (κ3) is 4.42. The summed E-state index contributed by atoms with van der Waals surface area (Å²) in [6, 6.07) is 3.80. The Labute approximate surface area is 182 Å². The Kier molecular flexibility index (Phi) is 5.97. The van der Waals surface area contributed by atoms with E-state index in [1.54, 1.807) is 25.6 Å². The van der Waals surface area contributed by atoms with Crippen LogP contribution < -0.4 is 15.5 Å². The highest BCUT2D eigenvalue weighted by Gasteiger charge is 2.19. The average molecular weight is 420 g/mol. The van der Waals surface area contributed by atoms with E-state index in [0.717, 1.165) is 41.8 Å². The van der Waals surface area contributed by atoms with Gasteiger partial charge in [-0.05, 0) is 47.8 Å². The molecule has 1 saturated heterocycles. The summed E-state index contributed by atoms with van der Waals surface area (Å²) in [6.07, 6.45) is 7.67. The predicted molar refractivity (Wildman–Crippen MR) is 123 cm³/mol. The second kappa shape index (κ2) is 8.83. The molecule has 8 nitrogen and oxygen atoms in total. The van der Waals surface area contributed by atoms with Crippen molar-refractivity contribution in [2.24, 2.45) is 5.92 Å². The molecule has 4 heterocycles. The highest BCUT2D eigenvalue weighted by atomic mass is 16.1. The highest BCUT2D eigenvalue weighted by molar-refractivity contribution is 6.06. The number of hydrogen-bond donors (Lipinski definition) is 2. The van der Waals surface area contributed by atoms with Gasteiger partial charge in [0.05, 0.1) is 0 Å². The monoisotopic (exact) mass is 419 g/mol. The minimum absolute atomic E-state index is 0.223. The van der Waals surface area contributed by atoms with Gasteiger partial charge >= 0.3 is 0 Å². The molecule has 31 heavy (non-hydrogen) atoms. The number of amides is 1. The number of fused-ring (bicyclic) bond motifs is 1. The summed E-state index contributed by atoms with van der Waals surface area (Å²) >= 11 is 0. The summed E-state index contributed by atoms with van der Waals surface area (Å²) in [5.41, 5.74) is 1.45. The molecule has 162 valence electrons. The van der Waals surface area contributed by atoms with Crippen LogP contribution in [-0.4, -0.2) is 46.0 Å². The van der Waals surface area contributed by atoms with Crippen LogP contribution in [0.4, 0.5) is 17.6 Å². The molecule has 0 aromatic carbocycles. The van der Waals surface area contributed by atoms with Crippen molar-refractivity contribution in [3.05, 3.63) is 42.0 Å². The van der Waals surface area contributed by atoms with Gasteiger partial charge in [-0.3, -0.25) is 9.78 Å². The molecule has 3 aromatic rings. The molecule has 1 amide bonds. The molecular weight excluding hydrogens is 390 g/mol. The largest absolute Gasteiger partial charge is 0.354 e. The van der Waals surface area contributed by atoms with Crippen molar-refractivity contribution in [3.8, 4) is 0 Å². The number of rotatable bonds is 5. The van der Waals surface area contributed by atoms with Gasteiger partial charge in [-0.25, -0.2) is 9.97 Å². The number of hydrogen-bond acceptors (Lipinski definition) is 7. The van der Waals surface area contributed by atoms with Crippen molar-refractivity contribution in [1.82, 2.24) is 25.3 Å². The van der Waals surface area contributed by atoms with Crippen LogP contribution in [0.15, 0.2) is 30.7 Å². The topological polar surface area (TPSA) is 95.9 Å².